The Morgan fingerprint density at radius 3 is 2.35 bits per heavy atom. The van der Waals surface area contributed by atoms with Crippen LogP contribution in [0.2, 0.25) is 0 Å². The predicted octanol–water partition coefficient (Wildman–Crippen LogP) is -0.520. The summed E-state index contributed by atoms with van der Waals surface area (Å²) in [6.07, 6.45) is -0.665. The van der Waals surface area contributed by atoms with Crippen LogP contribution in [0.1, 0.15) is 17.8 Å². The number of carboxylic acid groups (broad SMARTS) is 2. The minimum atomic E-state index is -3.94. The molecule has 0 bridgehead atoms. The lowest BCUT2D eigenvalue weighted by molar-refractivity contribution is -0.147. The van der Waals surface area contributed by atoms with Gasteiger partial charge in [0.05, 0.1) is 23.7 Å². The first-order valence-corrected chi connectivity index (χ1v) is 7.09. The third-order valence-corrected chi connectivity index (χ3v) is 4.31. The lowest BCUT2D eigenvalue weighted by Gasteiger charge is -2.11. The van der Waals surface area contributed by atoms with Crippen molar-refractivity contribution in [3.63, 3.8) is 0 Å². The molecule has 4 N–H and O–H groups in total. The Balaban J connectivity index is 2.87. The van der Waals surface area contributed by atoms with Gasteiger partial charge in [-0.2, -0.15) is 5.10 Å². The van der Waals surface area contributed by atoms with Crippen molar-refractivity contribution in [3.05, 3.63) is 11.4 Å². The van der Waals surface area contributed by atoms with E-state index in [1.54, 1.807) is 0 Å². The maximum absolute atomic E-state index is 12.0. The molecule has 1 rings (SSSR count). The number of H-pyrrole nitrogens is 1. The summed E-state index contributed by atoms with van der Waals surface area (Å²) < 4.78 is 26.2. The first kappa shape index (κ1) is 16.1. The SMILES string of the molecule is Cc1n[nH]c(C)c1S(=O)(=O)NCC(CC(=O)O)C(=O)O. The molecule has 112 valence electrons. The Morgan fingerprint density at radius 2 is 1.95 bits per heavy atom. The predicted molar refractivity (Wildman–Crippen MR) is 66.6 cm³/mol. The van der Waals surface area contributed by atoms with Crippen molar-refractivity contribution in [2.24, 2.45) is 5.92 Å². The summed E-state index contributed by atoms with van der Waals surface area (Å²) in [5.74, 6) is -4.03. The van der Waals surface area contributed by atoms with Crippen LogP contribution in [0.4, 0.5) is 0 Å². The smallest absolute Gasteiger partial charge is 0.308 e. The van der Waals surface area contributed by atoms with Gasteiger partial charge in [-0.3, -0.25) is 14.7 Å². The number of carboxylic acids is 2. The summed E-state index contributed by atoms with van der Waals surface area (Å²) in [6, 6.07) is 0. The summed E-state index contributed by atoms with van der Waals surface area (Å²) in [5.41, 5.74) is 0.570. The summed E-state index contributed by atoms with van der Waals surface area (Å²) in [4.78, 5) is 21.3. The van der Waals surface area contributed by atoms with Gasteiger partial charge in [0.25, 0.3) is 0 Å². The highest BCUT2D eigenvalue weighted by atomic mass is 32.2. The number of hydrogen-bond acceptors (Lipinski definition) is 5. The number of aromatic amines is 1. The normalized spacial score (nSPS) is 13.1. The van der Waals surface area contributed by atoms with Crippen LogP contribution in [-0.4, -0.2) is 47.3 Å². The highest BCUT2D eigenvalue weighted by Crippen LogP contribution is 2.16. The van der Waals surface area contributed by atoms with Gasteiger partial charge < -0.3 is 10.2 Å². The molecule has 1 atom stereocenters. The second-order valence-corrected chi connectivity index (χ2v) is 5.95. The van der Waals surface area contributed by atoms with Crippen LogP contribution in [0.25, 0.3) is 0 Å². The Morgan fingerprint density at radius 1 is 1.35 bits per heavy atom. The Hall–Kier alpha value is -1.94. The number of aliphatic carboxylic acids is 2. The van der Waals surface area contributed by atoms with Crippen molar-refractivity contribution < 1.29 is 28.2 Å². The monoisotopic (exact) mass is 305 g/mol. The van der Waals surface area contributed by atoms with Crippen molar-refractivity contribution in [2.45, 2.75) is 25.2 Å². The average Bonchev–Trinajstić information content (AvgIpc) is 2.64. The van der Waals surface area contributed by atoms with E-state index in [1.807, 2.05) is 0 Å². The van der Waals surface area contributed by atoms with Gasteiger partial charge in [-0.15, -0.1) is 0 Å². The molecule has 0 saturated carbocycles. The second-order valence-electron chi connectivity index (χ2n) is 4.25. The second kappa shape index (κ2) is 6.01. The molecule has 1 aromatic rings. The van der Waals surface area contributed by atoms with Gasteiger partial charge >= 0.3 is 11.9 Å². The van der Waals surface area contributed by atoms with E-state index < -0.39 is 40.8 Å². The third-order valence-electron chi connectivity index (χ3n) is 2.62. The number of aryl methyl sites for hydroxylation is 2. The topological polar surface area (TPSA) is 149 Å². The van der Waals surface area contributed by atoms with E-state index in [0.29, 0.717) is 5.69 Å². The molecule has 0 amide bonds. The molecule has 0 spiro atoms. The van der Waals surface area contributed by atoms with E-state index in [0.717, 1.165) is 0 Å². The van der Waals surface area contributed by atoms with Crippen LogP contribution in [0.5, 0.6) is 0 Å². The Labute approximate surface area is 115 Å². The number of nitrogens with one attached hydrogen (secondary N) is 2. The highest BCUT2D eigenvalue weighted by molar-refractivity contribution is 7.89. The molecule has 1 unspecified atom stereocenters. The standard InChI is InChI=1S/C10H15N3O6S/c1-5-9(6(2)13-12-5)20(18,19)11-4-7(10(16)17)3-8(14)15/h7,11H,3-4H2,1-2H3,(H,12,13)(H,14,15)(H,16,17). The lowest BCUT2D eigenvalue weighted by atomic mass is 10.1. The summed E-state index contributed by atoms with van der Waals surface area (Å²) in [7, 11) is -3.94. The quantitative estimate of drug-likeness (QED) is 0.529. The highest BCUT2D eigenvalue weighted by Gasteiger charge is 2.26. The van der Waals surface area contributed by atoms with Crippen molar-refractivity contribution in [1.29, 1.82) is 0 Å². The number of sulfonamides is 1. The minimum absolute atomic E-state index is 0.0584. The first-order chi connectivity index (χ1) is 9.15. The van der Waals surface area contributed by atoms with Crippen LogP contribution in [-0.2, 0) is 19.6 Å². The molecule has 0 aliphatic heterocycles. The van der Waals surface area contributed by atoms with E-state index in [9.17, 15) is 18.0 Å². The maximum atomic E-state index is 12.0. The number of nitrogens with zero attached hydrogens (tertiary/aromatic N) is 1. The van der Waals surface area contributed by atoms with Gasteiger partial charge in [0.15, 0.2) is 0 Å². The fourth-order valence-corrected chi connectivity index (χ4v) is 3.12. The van der Waals surface area contributed by atoms with E-state index in [4.69, 9.17) is 10.2 Å². The first-order valence-electron chi connectivity index (χ1n) is 5.61. The lowest BCUT2D eigenvalue weighted by Crippen LogP contribution is -2.34. The molecular weight excluding hydrogens is 290 g/mol. The zero-order valence-corrected chi connectivity index (χ0v) is 11.7. The van der Waals surface area contributed by atoms with Crippen LogP contribution in [0, 0.1) is 19.8 Å². The zero-order valence-electron chi connectivity index (χ0n) is 10.9. The molecular formula is C10H15N3O6S. The van der Waals surface area contributed by atoms with Crippen molar-refractivity contribution in [2.75, 3.05) is 6.54 Å². The third kappa shape index (κ3) is 3.78. The molecule has 0 aromatic carbocycles. The maximum Gasteiger partial charge on any atom is 0.308 e. The Kier molecular flexibility index (Phi) is 4.84. The van der Waals surface area contributed by atoms with E-state index in [1.165, 1.54) is 13.8 Å². The van der Waals surface area contributed by atoms with E-state index in [-0.39, 0.29) is 10.6 Å². The molecule has 9 nitrogen and oxygen atoms in total. The molecule has 0 radical (unpaired) electrons. The molecule has 1 heterocycles. The fraction of sp³-hybridized carbons (Fsp3) is 0.500. The van der Waals surface area contributed by atoms with E-state index in [2.05, 4.69) is 14.9 Å². The van der Waals surface area contributed by atoms with Crippen molar-refractivity contribution >= 4 is 22.0 Å². The van der Waals surface area contributed by atoms with Gasteiger partial charge in [0.2, 0.25) is 10.0 Å². The largest absolute Gasteiger partial charge is 0.481 e. The van der Waals surface area contributed by atoms with Crippen molar-refractivity contribution in [3.8, 4) is 0 Å². The molecule has 0 fully saturated rings. The van der Waals surface area contributed by atoms with Crippen LogP contribution < -0.4 is 4.72 Å². The number of hydrogen-bond donors (Lipinski definition) is 4. The van der Waals surface area contributed by atoms with Gasteiger partial charge in [0, 0.05) is 6.54 Å². The van der Waals surface area contributed by atoms with E-state index >= 15 is 0 Å². The van der Waals surface area contributed by atoms with Crippen LogP contribution in [0.15, 0.2) is 4.90 Å². The zero-order chi connectivity index (χ0) is 15.5. The molecule has 20 heavy (non-hydrogen) atoms. The molecule has 0 aliphatic rings. The molecule has 0 aliphatic carbocycles. The van der Waals surface area contributed by atoms with Gasteiger partial charge in [-0.05, 0) is 13.8 Å². The van der Waals surface area contributed by atoms with Crippen LogP contribution >= 0.6 is 0 Å². The van der Waals surface area contributed by atoms with Gasteiger partial charge in [0.1, 0.15) is 4.90 Å². The molecule has 1 aromatic heterocycles. The average molecular weight is 305 g/mol. The number of aromatic nitrogens is 2. The summed E-state index contributed by atoms with van der Waals surface area (Å²) >= 11 is 0. The molecule has 10 heteroatoms. The van der Waals surface area contributed by atoms with Gasteiger partial charge in [-0.25, -0.2) is 13.1 Å². The summed E-state index contributed by atoms with van der Waals surface area (Å²) in [5, 5.41) is 23.7. The Bertz CT molecular complexity index is 601. The fourth-order valence-electron chi connectivity index (χ4n) is 1.68. The van der Waals surface area contributed by atoms with Gasteiger partial charge in [-0.1, -0.05) is 0 Å². The summed E-state index contributed by atoms with van der Waals surface area (Å²) in [6.45, 7) is 2.50. The number of carbonyl (C=O) groups is 2. The number of rotatable bonds is 7. The van der Waals surface area contributed by atoms with Crippen molar-refractivity contribution in [1.82, 2.24) is 14.9 Å². The minimum Gasteiger partial charge on any atom is -0.481 e. The molecule has 0 saturated heterocycles. The van der Waals surface area contributed by atoms with Crippen LogP contribution in [0.3, 0.4) is 0 Å².